The van der Waals surface area contributed by atoms with Crippen molar-refractivity contribution in [1.82, 2.24) is 15.3 Å². The first kappa shape index (κ1) is 17.9. The molecule has 1 fully saturated rings. The lowest BCUT2D eigenvalue weighted by molar-refractivity contribution is 0.122. The first-order valence-electron chi connectivity index (χ1n) is 9.52. The molecule has 1 unspecified atom stereocenters. The van der Waals surface area contributed by atoms with E-state index in [0.717, 1.165) is 29.9 Å². The molecule has 144 valence electrons. The van der Waals surface area contributed by atoms with Gasteiger partial charge in [-0.25, -0.2) is 9.78 Å². The zero-order valence-electron chi connectivity index (χ0n) is 15.5. The number of carbonyl (C=O) groups is 1. The van der Waals surface area contributed by atoms with Crippen LogP contribution in [0.1, 0.15) is 24.6 Å². The number of nitrogens with zero attached hydrogens (tertiary/aromatic N) is 4. The Morgan fingerprint density at radius 2 is 2.15 bits per heavy atom. The fourth-order valence-corrected chi connectivity index (χ4v) is 3.70. The first-order valence-corrected chi connectivity index (χ1v) is 9.52. The van der Waals surface area contributed by atoms with Crippen molar-refractivity contribution in [3.05, 3.63) is 29.5 Å². The van der Waals surface area contributed by atoms with Gasteiger partial charge in [0, 0.05) is 38.2 Å². The third kappa shape index (κ3) is 3.54. The van der Waals surface area contributed by atoms with Crippen LogP contribution >= 0.6 is 0 Å². The molecule has 1 atom stereocenters. The maximum Gasteiger partial charge on any atom is 0.323 e. The van der Waals surface area contributed by atoms with Crippen molar-refractivity contribution < 1.29 is 14.6 Å². The highest BCUT2D eigenvalue weighted by Crippen LogP contribution is 2.36. The number of aliphatic hydroxyl groups excluding tert-OH is 1. The van der Waals surface area contributed by atoms with E-state index < -0.39 is 6.10 Å². The van der Waals surface area contributed by atoms with Crippen molar-refractivity contribution in [1.29, 1.82) is 0 Å². The minimum Gasteiger partial charge on any atom is -0.389 e. The number of hydrogen-bond acceptors (Lipinski definition) is 6. The predicted molar refractivity (Wildman–Crippen MR) is 103 cm³/mol. The van der Waals surface area contributed by atoms with E-state index in [2.05, 4.69) is 10.2 Å². The molecule has 1 saturated heterocycles. The summed E-state index contributed by atoms with van der Waals surface area (Å²) in [7, 11) is 0. The fraction of sp³-hybridized carbons (Fsp3) is 0.526. The van der Waals surface area contributed by atoms with Crippen molar-refractivity contribution in [3.8, 4) is 0 Å². The second-order valence-electron chi connectivity index (χ2n) is 6.86. The van der Waals surface area contributed by atoms with Crippen LogP contribution in [0.4, 0.5) is 16.6 Å². The predicted octanol–water partition coefficient (Wildman–Crippen LogP) is 1.11. The van der Waals surface area contributed by atoms with Gasteiger partial charge in [0.15, 0.2) is 0 Å². The maximum absolute atomic E-state index is 12.5. The van der Waals surface area contributed by atoms with E-state index in [1.807, 2.05) is 19.1 Å². The zero-order valence-corrected chi connectivity index (χ0v) is 15.5. The zero-order chi connectivity index (χ0) is 18.8. The SMILES string of the molecule is CCNC(=O)N1CCc2c(C3=CC=CC(O)C3)nc(N3CCOCC3)nc21. The Balaban J connectivity index is 1.77. The number of hydrogen-bond donors (Lipinski definition) is 2. The number of aliphatic hydroxyl groups is 1. The molecule has 2 N–H and O–H groups in total. The van der Waals surface area contributed by atoms with E-state index in [0.29, 0.717) is 50.9 Å². The topological polar surface area (TPSA) is 90.8 Å². The van der Waals surface area contributed by atoms with Gasteiger partial charge >= 0.3 is 6.03 Å². The van der Waals surface area contributed by atoms with Crippen molar-refractivity contribution >= 4 is 23.4 Å². The largest absolute Gasteiger partial charge is 0.389 e. The number of ether oxygens (including phenoxy) is 1. The quantitative estimate of drug-likeness (QED) is 0.827. The number of rotatable bonds is 3. The third-order valence-corrected chi connectivity index (χ3v) is 5.05. The Kier molecular flexibility index (Phi) is 5.09. The summed E-state index contributed by atoms with van der Waals surface area (Å²) in [5, 5.41) is 12.9. The highest BCUT2D eigenvalue weighted by atomic mass is 16.5. The number of urea groups is 1. The molecule has 0 saturated carbocycles. The number of aromatic nitrogens is 2. The molecular formula is C19H25N5O3. The number of morpholine rings is 1. The third-order valence-electron chi connectivity index (χ3n) is 5.05. The average Bonchev–Trinajstić information content (AvgIpc) is 3.12. The van der Waals surface area contributed by atoms with Crippen LogP contribution in [0.3, 0.4) is 0 Å². The van der Waals surface area contributed by atoms with Crippen LogP contribution in [0.15, 0.2) is 18.2 Å². The summed E-state index contributed by atoms with van der Waals surface area (Å²) in [6.07, 6.45) is 6.35. The average molecular weight is 371 g/mol. The van der Waals surface area contributed by atoms with Crippen LogP contribution < -0.4 is 15.1 Å². The molecule has 8 heteroatoms. The van der Waals surface area contributed by atoms with E-state index in [1.165, 1.54) is 0 Å². The Labute approximate surface area is 158 Å². The number of fused-ring (bicyclic) bond motifs is 1. The monoisotopic (exact) mass is 371 g/mol. The number of nitrogens with one attached hydrogen (secondary N) is 1. The van der Waals surface area contributed by atoms with Gasteiger partial charge in [0.05, 0.1) is 25.0 Å². The second kappa shape index (κ2) is 7.66. The Bertz CT molecular complexity index is 786. The van der Waals surface area contributed by atoms with Gasteiger partial charge in [0.1, 0.15) is 5.82 Å². The molecule has 0 aromatic carbocycles. The molecule has 0 spiro atoms. The lowest BCUT2D eigenvalue weighted by atomic mass is 9.96. The van der Waals surface area contributed by atoms with Crippen molar-refractivity contribution in [2.24, 2.45) is 0 Å². The van der Waals surface area contributed by atoms with E-state index in [4.69, 9.17) is 14.7 Å². The highest BCUT2D eigenvalue weighted by molar-refractivity contribution is 5.94. The van der Waals surface area contributed by atoms with Gasteiger partial charge in [-0.1, -0.05) is 18.2 Å². The molecule has 1 aliphatic carbocycles. The molecule has 0 bridgehead atoms. The summed E-state index contributed by atoms with van der Waals surface area (Å²) >= 11 is 0. The van der Waals surface area contributed by atoms with E-state index >= 15 is 0 Å². The summed E-state index contributed by atoms with van der Waals surface area (Å²) < 4.78 is 5.44. The van der Waals surface area contributed by atoms with Crippen LogP contribution in [0.25, 0.3) is 5.57 Å². The molecule has 3 aliphatic rings. The lowest BCUT2D eigenvalue weighted by Crippen LogP contribution is -2.40. The number of amides is 2. The molecule has 8 nitrogen and oxygen atoms in total. The summed E-state index contributed by atoms with van der Waals surface area (Å²) in [6.45, 7) is 5.78. The fourth-order valence-electron chi connectivity index (χ4n) is 3.70. The van der Waals surface area contributed by atoms with Gasteiger partial charge < -0.3 is 20.1 Å². The Morgan fingerprint density at radius 3 is 2.89 bits per heavy atom. The van der Waals surface area contributed by atoms with Crippen LogP contribution in [0.2, 0.25) is 0 Å². The van der Waals surface area contributed by atoms with Crippen LogP contribution in [0, 0.1) is 0 Å². The molecule has 2 aliphatic heterocycles. The van der Waals surface area contributed by atoms with Crippen LogP contribution in [-0.2, 0) is 11.2 Å². The molecular weight excluding hydrogens is 346 g/mol. The van der Waals surface area contributed by atoms with Crippen molar-refractivity contribution in [2.75, 3.05) is 49.2 Å². The minimum atomic E-state index is -0.511. The van der Waals surface area contributed by atoms with Gasteiger partial charge in [0.2, 0.25) is 5.95 Å². The Morgan fingerprint density at radius 1 is 1.33 bits per heavy atom. The van der Waals surface area contributed by atoms with E-state index in [9.17, 15) is 9.90 Å². The second-order valence-corrected chi connectivity index (χ2v) is 6.86. The van der Waals surface area contributed by atoms with Gasteiger partial charge in [-0.3, -0.25) is 4.90 Å². The smallest absolute Gasteiger partial charge is 0.323 e. The normalized spacial score (nSPS) is 21.9. The van der Waals surface area contributed by atoms with Gasteiger partial charge in [-0.2, -0.15) is 4.98 Å². The molecule has 4 rings (SSSR count). The number of allylic oxidation sites excluding steroid dienone is 2. The maximum atomic E-state index is 12.5. The summed E-state index contributed by atoms with van der Waals surface area (Å²) in [4.78, 5) is 25.9. The van der Waals surface area contributed by atoms with Crippen LogP contribution in [-0.4, -0.2) is 66.6 Å². The van der Waals surface area contributed by atoms with Gasteiger partial charge in [0.25, 0.3) is 0 Å². The van der Waals surface area contributed by atoms with Gasteiger partial charge in [-0.15, -0.1) is 0 Å². The number of anilines is 2. The van der Waals surface area contributed by atoms with Crippen molar-refractivity contribution in [2.45, 2.75) is 25.9 Å². The molecule has 3 heterocycles. The van der Waals surface area contributed by atoms with Crippen molar-refractivity contribution in [3.63, 3.8) is 0 Å². The minimum absolute atomic E-state index is 0.133. The molecule has 27 heavy (non-hydrogen) atoms. The molecule has 0 radical (unpaired) electrons. The molecule has 2 amide bonds. The summed E-state index contributed by atoms with van der Waals surface area (Å²) in [5.74, 6) is 1.30. The Hall–Kier alpha value is -2.45. The molecule has 1 aromatic rings. The first-order chi connectivity index (χ1) is 13.2. The summed E-state index contributed by atoms with van der Waals surface area (Å²) in [6, 6.07) is -0.133. The van der Waals surface area contributed by atoms with Gasteiger partial charge in [-0.05, 0) is 18.9 Å². The lowest BCUT2D eigenvalue weighted by Gasteiger charge is -2.28. The summed E-state index contributed by atoms with van der Waals surface area (Å²) in [5.41, 5.74) is 2.81. The van der Waals surface area contributed by atoms with Crippen LogP contribution in [0.5, 0.6) is 0 Å². The van der Waals surface area contributed by atoms with E-state index in [-0.39, 0.29) is 6.03 Å². The molecule has 1 aromatic heterocycles. The number of carbonyl (C=O) groups excluding carboxylic acids is 1. The van der Waals surface area contributed by atoms with E-state index in [1.54, 1.807) is 11.0 Å². The standard InChI is InChI=1S/C19H25N5O3/c1-2-20-19(26)24-7-6-15-16(13-4-3-5-14(25)12-13)21-18(22-17(15)24)23-8-10-27-11-9-23/h3-5,14,25H,2,6-12H2,1H3,(H,20,26). The highest BCUT2D eigenvalue weighted by Gasteiger charge is 2.32.